The van der Waals surface area contributed by atoms with E-state index < -0.39 is 84.3 Å². The van der Waals surface area contributed by atoms with Crippen LogP contribution in [0.3, 0.4) is 0 Å². The second kappa shape index (κ2) is 20.6. The van der Waals surface area contributed by atoms with Crippen LogP contribution in [0.15, 0.2) is 30.3 Å². The molecule has 6 amide bonds. The van der Waals surface area contributed by atoms with Gasteiger partial charge in [0.1, 0.15) is 30.2 Å². The van der Waals surface area contributed by atoms with Crippen LogP contribution in [0.1, 0.15) is 65.9 Å². The molecule has 1 rings (SSSR count). The Bertz CT molecular complexity index is 1260. The standard InChI is InChI=1S/C32H51N7O9/c1-17(2)13-22(31(46)39-25(16-40)32(47)48)36-27(42)19(5)35-29(44)24(15-20-9-7-6-8-10-20)38-30(45)23(14-18(3)4)37-28(43)21(33)11-12-26(34)41/h6-10,17-19,21-25,40H,11-16,33H2,1-5H3,(H2,34,41)(H,35,44)(H,36,42)(H,37,43)(H,38,45)(H,39,46)(H,47,48)/t19-,21-,22-,23-,24-,25-/m0/s1. The lowest BCUT2D eigenvalue weighted by Crippen LogP contribution is -2.59. The van der Waals surface area contributed by atoms with Gasteiger partial charge >= 0.3 is 5.97 Å². The molecule has 16 nitrogen and oxygen atoms in total. The summed E-state index contributed by atoms with van der Waals surface area (Å²) in [5.41, 5.74) is 11.7. The lowest BCUT2D eigenvalue weighted by Gasteiger charge is -2.27. The molecular weight excluding hydrogens is 626 g/mol. The SMILES string of the molecule is CC(C)C[C@H](NC(=O)[C@H](C)NC(=O)[C@H](Cc1ccccc1)NC(=O)[C@H](CC(C)C)NC(=O)[C@@H](N)CCC(N)=O)C(=O)N[C@@H](CO)C(=O)O. The number of primary amides is 1. The first-order valence-corrected chi connectivity index (χ1v) is 15.9. The van der Waals surface area contributed by atoms with Gasteiger partial charge in [0.25, 0.3) is 0 Å². The fourth-order valence-corrected chi connectivity index (χ4v) is 4.58. The predicted octanol–water partition coefficient (Wildman–Crippen LogP) is -1.57. The predicted molar refractivity (Wildman–Crippen MR) is 176 cm³/mol. The molecule has 0 fully saturated rings. The molecule has 11 N–H and O–H groups in total. The molecule has 0 saturated heterocycles. The zero-order chi connectivity index (χ0) is 36.6. The average molecular weight is 678 g/mol. The average Bonchev–Trinajstić information content (AvgIpc) is 3.00. The van der Waals surface area contributed by atoms with Crippen molar-refractivity contribution in [3.05, 3.63) is 35.9 Å². The van der Waals surface area contributed by atoms with Gasteiger partial charge in [0.15, 0.2) is 0 Å². The summed E-state index contributed by atoms with van der Waals surface area (Å²) in [6.07, 6.45) is 0.241. The summed E-state index contributed by atoms with van der Waals surface area (Å²) in [7, 11) is 0. The van der Waals surface area contributed by atoms with Gasteiger partial charge in [-0.05, 0) is 43.6 Å². The van der Waals surface area contributed by atoms with Crippen LogP contribution in [0.2, 0.25) is 0 Å². The number of aliphatic carboxylic acids is 1. The third-order valence-corrected chi connectivity index (χ3v) is 7.18. The smallest absolute Gasteiger partial charge is 0.328 e. The van der Waals surface area contributed by atoms with Gasteiger partial charge in [-0.2, -0.15) is 0 Å². The maximum absolute atomic E-state index is 13.5. The highest BCUT2D eigenvalue weighted by atomic mass is 16.4. The number of benzene rings is 1. The third-order valence-electron chi connectivity index (χ3n) is 7.18. The zero-order valence-electron chi connectivity index (χ0n) is 28.2. The van der Waals surface area contributed by atoms with E-state index in [9.17, 15) is 43.8 Å². The molecular formula is C32H51N7O9. The Labute approximate surface area is 280 Å². The minimum atomic E-state index is -1.57. The highest BCUT2D eigenvalue weighted by Gasteiger charge is 2.32. The van der Waals surface area contributed by atoms with E-state index in [2.05, 4.69) is 26.6 Å². The first-order chi connectivity index (χ1) is 22.4. The summed E-state index contributed by atoms with van der Waals surface area (Å²) in [5.74, 6) is -5.85. The highest BCUT2D eigenvalue weighted by molar-refractivity contribution is 5.96. The maximum Gasteiger partial charge on any atom is 0.328 e. The number of amides is 6. The Hall–Kier alpha value is -4.57. The Morgan fingerprint density at radius 1 is 0.667 bits per heavy atom. The molecule has 0 saturated carbocycles. The molecule has 0 heterocycles. The van der Waals surface area contributed by atoms with Crippen molar-refractivity contribution >= 4 is 41.4 Å². The van der Waals surface area contributed by atoms with Crippen LogP contribution in [0.25, 0.3) is 0 Å². The van der Waals surface area contributed by atoms with Gasteiger partial charge in [0, 0.05) is 12.8 Å². The summed E-state index contributed by atoms with van der Waals surface area (Å²) in [6.45, 7) is 7.78. The largest absolute Gasteiger partial charge is 0.480 e. The number of rotatable bonds is 21. The Morgan fingerprint density at radius 2 is 1.12 bits per heavy atom. The Kier molecular flexibility index (Phi) is 17.8. The van der Waals surface area contributed by atoms with Crippen molar-refractivity contribution in [1.82, 2.24) is 26.6 Å². The van der Waals surface area contributed by atoms with Crippen LogP contribution in [0, 0.1) is 11.8 Å². The Morgan fingerprint density at radius 3 is 1.58 bits per heavy atom. The monoisotopic (exact) mass is 677 g/mol. The molecule has 48 heavy (non-hydrogen) atoms. The van der Waals surface area contributed by atoms with E-state index in [0.717, 1.165) is 0 Å². The van der Waals surface area contributed by atoms with Crippen LogP contribution in [0.4, 0.5) is 0 Å². The molecule has 0 radical (unpaired) electrons. The van der Waals surface area contributed by atoms with E-state index in [0.29, 0.717) is 5.56 Å². The third kappa shape index (κ3) is 15.3. The van der Waals surface area contributed by atoms with Crippen molar-refractivity contribution in [1.29, 1.82) is 0 Å². The molecule has 0 aromatic heterocycles. The van der Waals surface area contributed by atoms with E-state index in [1.807, 2.05) is 13.8 Å². The quantitative estimate of drug-likeness (QED) is 0.0721. The molecule has 1 aromatic carbocycles. The first kappa shape index (κ1) is 41.5. The minimum Gasteiger partial charge on any atom is -0.480 e. The van der Waals surface area contributed by atoms with Gasteiger partial charge in [-0.3, -0.25) is 28.8 Å². The summed E-state index contributed by atoms with van der Waals surface area (Å²) in [5, 5.41) is 31.0. The zero-order valence-corrected chi connectivity index (χ0v) is 28.2. The molecule has 0 aliphatic rings. The van der Waals surface area contributed by atoms with Gasteiger partial charge in [0.2, 0.25) is 35.4 Å². The van der Waals surface area contributed by atoms with Crippen molar-refractivity contribution in [3.8, 4) is 0 Å². The maximum atomic E-state index is 13.5. The molecule has 0 bridgehead atoms. The van der Waals surface area contributed by atoms with E-state index in [1.165, 1.54) is 6.92 Å². The highest BCUT2D eigenvalue weighted by Crippen LogP contribution is 2.10. The van der Waals surface area contributed by atoms with Crippen molar-refractivity contribution in [2.75, 3.05) is 6.61 Å². The number of carbonyl (C=O) groups excluding carboxylic acids is 6. The number of hydrogen-bond acceptors (Lipinski definition) is 9. The number of nitrogens with two attached hydrogens (primary N) is 2. The van der Waals surface area contributed by atoms with Gasteiger partial charge in [-0.15, -0.1) is 0 Å². The summed E-state index contributed by atoms with van der Waals surface area (Å²) >= 11 is 0. The second-order valence-electron chi connectivity index (χ2n) is 12.6. The van der Waals surface area contributed by atoms with E-state index in [-0.39, 0.29) is 43.9 Å². The van der Waals surface area contributed by atoms with Crippen LogP contribution >= 0.6 is 0 Å². The molecule has 1 aromatic rings. The molecule has 268 valence electrons. The number of carbonyl (C=O) groups is 7. The summed E-state index contributed by atoms with van der Waals surface area (Å²) in [4.78, 5) is 88.1. The van der Waals surface area contributed by atoms with Gasteiger partial charge in [-0.1, -0.05) is 58.0 Å². The lowest BCUT2D eigenvalue weighted by molar-refractivity contribution is -0.143. The van der Waals surface area contributed by atoms with E-state index in [1.54, 1.807) is 44.2 Å². The van der Waals surface area contributed by atoms with Gasteiger partial charge in [0.05, 0.1) is 12.6 Å². The number of aliphatic hydroxyl groups is 1. The van der Waals surface area contributed by atoms with Gasteiger partial charge in [-0.25, -0.2) is 4.79 Å². The van der Waals surface area contributed by atoms with Crippen molar-refractivity contribution in [2.45, 2.75) is 103 Å². The molecule has 6 atom stereocenters. The fourth-order valence-electron chi connectivity index (χ4n) is 4.58. The van der Waals surface area contributed by atoms with Gasteiger partial charge < -0.3 is 48.3 Å². The number of carboxylic acids is 1. The fraction of sp³-hybridized carbons (Fsp3) is 0.594. The minimum absolute atomic E-state index is 0.0164. The molecule has 0 spiro atoms. The van der Waals surface area contributed by atoms with Crippen LogP contribution < -0.4 is 38.1 Å². The number of carboxylic acid groups (broad SMARTS) is 1. The molecule has 0 aliphatic heterocycles. The van der Waals surface area contributed by atoms with Crippen LogP contribution in [-0.4, -0.2) is 94.5 Å². The number of hydrogen-bond donors (Lipinski definition) is 9. The Balaban J connectivity index is 3.15. The van der Waals surface area contributed by atoms with Crippen molar-refractivity contribution in [2.24, 2.45) is 23.3 Å². The second-order valence-corrected chi connectivity index (χ2v) is 12.6. The molecule has 0 unspecified atom stereocenters. The van der Waals surface area contributed by atoms with Crippen LogP contribution in [0.5, 0.6) is 0 Å². The summed E-state index contributed by atoms with van der Waals surface area (Å²) < 4.78 is 0. The first-order valence-electron chi connectivity index (χ1n) is 15.9. The normalized spacial score (nSPS) is 14.9. The van der Waals surface area contributed by atoms with Crippen molar-refractivity contribution in [3.63, 3.8) is 0 Å². The van der Waals surface area contributed by atoms with Crippen LogP contribution in [-0.2, 0) is 40.0 Å². The van der Waals surface area contributed by atoms with E-state index in [4.69, 9.17) is 11.5 Å². The summed E-state index contributed by atoms with van der Waals surface area (Å²) in [6, 6.07) is 1.49. The number of aliphatic hydroxyl groups excluding tert-OH is 1. The number of nitrogens with one attached hydrogen (secondary N) is 5. The molecule has 0 aliphatic carbocycles. The lowest BCUT2D eigenvalue weighted by atomic mass is 10.00. The van der Waals surface area contributed by atoms with E-state index >= 15 is 0 Å². The van der Waals surface area contributed by atoms with Crippen molar-refractivity contribution < 1.29 is 43.8 Å². The topological polar surface area (TPSA) is 272 Å². The molecule has 16 heteroatoms.